The van der Waals surface area contributed by atoms with E-state index >= 15 is 0 Å². The molecule has 0 unspecified atom stereocenters. The van der Waals surface area contributed by atoms with Gasteiger partial charge in [0.05, 0.1) is 24.5 Å². The number of ether oxygens (including phenoxy) is 2. The zero-order chi connectivity index (χ0) is 12.8. The van der Waals surface area contributed by atoms with Crippen LogP contribution in [-0.2, 0) is 9.47 Å². The molecule has 4 nitrogen and oxygen atoms in total. The van der Waals surface area contributed by atoms with Crippen molar-refractivity contribution >= 4 is 11.7 Å². The van der Waals surface area contributed by atoms with Gasteiger partial charge in [-0.05, 0) is 12.1 Å². The van der Waals surface area contributed by atoms with Crippen molar-refractivity contribution in [2.24, 2.45) is 0 Å². The van der Waals surface area contributed by atoms with Crippen molar-refractivity contribution in [3.63, 3.8) is 0 Å². The summed E-state index contributed by atoms with van der Waals surface area (Å²) in [6.45, 7) is 6.74. The summed E-state index contributed by atoms with van der Waals surface area (Å²) >= 11 is 0. The SMILES string of the molecule is C=CCOC(=O)c1ccccc1N1CCOCC1. The topological polar surface area (TPSA) is 38.8 Å². The molecule has 0 saturated carbocycles. The Labute approximate surface area is 107 Å². The normalized spacial score (nSPS) is 15.2. The Hall–Kier alpha value is -1.81. The van der Waals surface area contributed by atoms with Crippen molar-refractivity contribution in [3.8, 4) is 0 Å². The van der Waals surface area contributed by atoms with Crippen LogP contribution in [0, 0.1) is 0 Å². The molecule has 2 rings (SSSR count). The van der Waals surface area contributed by atoms with Gasteiger partial charge in [-0.3, -0.25) is 0 Å². The number of rotatable bonds is 4. The Balaban J connectivity index is 2.18. The van der Waals surface area contributed by atoms with Crippen molar-refractivity contribution in [3.05, 3.63) is 42.5 Å². The van der Waals surface area contributed by atoms with E-state index in [2.05, 4.69) is 11.5 Å². The van der Waals surface area contributed by atoms with Crippen LogP contribution in [0.2, 0.25) is 0 Å². The molecule has 96 valence electrons. The number of carbonyl (C=O) groups is 1. The molecular weight excluding hydrogens is 230 g/mol. The van der Waals surface area contributed by atoms with Crippen molar-refractivity contribution in [2.75, 3.05) is 37.8 Å². The summed E-state index contributed by atoms with van der Waals surface area (Å²) in [5, 5.41) is 0. The number of esters is 1. The number of carbonyl (C=O) groups excluding carboxylic acids is 1. The second kappa shape index (κ2) is 6.21. The fourth-order valence-corrected chi connectivity index (χ4v) is 1.94. The van der Waals surface area contributed by atoms with Crippen LogP contribution in [0.1, 0.15) is 10.4 Å². The number of morpholine rings is 1. The molecule has 0 N–H and O–H groups in total. The standard InChI is InChI=1S/C14H17NO3/c1-2-9-18-14(16)12-5-3-4-6-13(12)15-7-10-17-11-8-15/h2-6H,1,7-11H2. The Morgan fingerprint density at radius 3 is 2.83 bits per heavy atom. The molecular formula is C14H17NO3. The Bertz CT molecular complexity index is 425. The lowest BCUT2D eigenvalue weighted by molar-refractivity contribution is 0.0549. The van der Waals surface area contributed by atoms with E-state index in [4.69, 9.17) is 9.47 Å². The molecule has 1 aromatic rings. The number of nitrogens with zero attached hydrogens (tertiary/aromatic N) is 1. The quantitative estimate of drug-likeness (QED) is 0.601. The molecule has 1 aliphatic rings. The summed E-state index contributed by atoms with van der Waals surface area (Å²) in [7, 11) is 0. The van der Waals surface area contributed by atoms with E-state index < -0.39 is 0 Å². The molecule has 1 saturated heterocycles. The van der Waals surface area contributed by atoms with Gasteiger partial charge in [0.15, 0.2) is 0 Å². The summed E-state index contributed by atoms with van der Waals surface area (Å²) in [4.78, 5) is 14.1. The maximum atomic E-state index is 11.9. The molecule has 0 aliphatic carbocycles. The van der Waals surface area contributed by atoms with E-state index in [-0.39, 0.29) is 12.6 Å². The zero-order valence-electron chi connectivity index (χ0n) is 10.3. The van der Waals surface area contributed by atoms with Crippen molar-refractivity contribution in [2.45, 2.75) is 0 Å². The summed E-state index contributed by atoms with van der Waals surface area (Å²) in [5.74, 6) is -0.308. The van der Waals surface area contributed by atoms with E-state index in [1.807, 2.05) is 18.2 Å². The first-order valence-corrected chi connectivity index (χ1v) is 6.02. The van der Waals surface area contributed by atoms with Gasteiger partial charge in [0.25, 0.3) is 0 Å². The first-order valence-electron chi connectivity index (χ1n) is 6.02. The van der Waals surface area contributed by atoms with E-state index in [1.54, 1.807) is 12.1 Å². The lowest BCUT2D eigenvalue weighted by Gasteiger charge is -2.30. The second-order valence-corrected chi connectivity index (χ2v) is 4.00. The lowest BCUT2D eigenvalue weighted by Crippen LogP contribution is -2.37. The first-order chi connectivity index (χ1) is 8.83. The number of hydrogen-bond donors (Lipinski definition) is 0. The van der Waals surface area contributed by atoms with Gasteiger partial charge in [-0.25, -0.2) is 4.79 Å². The molecule has 0 atom stereocenters. The van der Waals surface area contributed by atoms with Gasteiger partial charge in [0, 0.05) is 13.1 Å². The molecule has 0 spiro atoms. The molecule has 4 heteroatoms. The Morgan fingerprint density at radius 2 is 2.11 bits per heavy atom. The monoisotopic (exact) mass is 247 g/mol. The largest absolute Gasteiger partial charge is 0.458 e. The van der Waals surface area contributed by atoms with Crippen molar-refractivity contribution in [1.29, 1.82) is 0 Å². The third kappa shape index (κ3) is 2.90. The molecule has 1 fully saturated rings. The molecule has 0 radical (unpaired) electrons. The van der Waals surface area contributed by atoms with E-state index in [9.17, 15) is 4.79 Å². The van der Waals surface area contributed by atoms with Crippen LogP contribution in [0.15, 0.2) is 36.9 Å². The average Bonchev–Trinajstić information content (AvgIpc) is 2.45. The van der Waals surface area contributed by atoms with Gasteiger partial charge in [-0.15, -0.1) is 0 Å². The minimum atomic E-state index is -0.308. The highest BCUT2D eigenvalue weighted by Crippen LogP contribution is 2.22. The van der Waals surface area contributed by atoms with Crippen LogP contribution >= 0.6 is 0 Å². The molecule has 1 aliphatic heterocycles. The van der Waals surface area contributed by atoms with Crippen LogP contribution in [0.3, 0.4) is 0 Å². The second-order valence-electron chi connectivity index (χ2n) is 4.00. The fourth-order valence-electron chi connectivity index (χ4n) is 1.94. The summed E-state index contributed by atoms with van der Waals surface area (Å²) in [5.41, 5.74) is 1.51. The summed E-state index contributed by atoms with van der Waals surface area (Å²) < 4.78 is 10.4. The number of benzene rings is 1. The van der Waals surface area contributed by atoms with Crippen molar-refractivity contribution < 1.29 is 14.3 Å². The number of para-hydroxylation sites is 1. The Kier molecular flexibility index (Phi) is 4.36. The molecule has 0 bridgehead atoms. The van der Waals surface area contributed by atoms with Crippen LogP contribution in [0.25, 0.3) is 0 Å². The Morgan fingerprint density at radius 1 is 1.39 bits per heavy atom. The molecule has 1 aromatic carbocycles. The molecule has 0 aromatic heterocycles. The van der Waals surface area contributed by atoms with Crippen LogP contribution in [-0.4, -0.2) is 38.9 Å². The van der Waals surface area contributed by atoms with Gasteiger partial charge in [0.1, 0.15) is 6.61 Å². The van der Waals surface area contributed by atoms with E-state index in [1.165, 1.54) is 0 Å². The summed E-state index contributed by atoms with van der Waals surface area (Å²) in [6.07, 6.45) is 1.56. The smallest absolute Gasteiger partial charge is 0.340 e. The average molecular weight is 247 g/mol. The molecule has 0 amide bonds. The fraction of sp³-hybridized carbons (Fsp3) is 0.357. The van der Waals surface area contributed by atoms with E-state index in [0.717, 1.165) is 18.8 Å². The van der Waals surface area contributed by atoms with Gasteiger partial charge >= 0.3 is 5.97 Å². The van der Waals surface area contributed by atoms with Crippen molar-refractivity contribution in [1.82, 2.24) is 0 Å². The maximum Gasteiger partial charge on any atom is 0.340 e. The first kappa shape index (κ1) is 12.6. The lowest BCUT2D eigenvalue weighted by atomic mass is 10.1. The minimum absolute atomic E-state index is 0.232. The van der Waals surface area contributed by atoms with Gasteiger partial charge in [0.2, 0.25) is 0 Å². The number of hydrogen-bond acceptors (Lipinski definition) is 4. The van der Waals surface area contributed by atoms with Gasteiger partial charge < -0.3 is 14.4 Å². The predicted molar refractivity (Wildman–Crippen MR) is 70.0 cm³/mol. The number of anilines is 1. The highest BCUT2D eigenvalue weighted by atomic mass is 16.5. The van der Waals surface area contributed by atoms with Gasteiger partial charge in [-0.1, -0.05) is 24.8 Å². The third-order valence-electron chi connectivity index (χ3n) is 2.81. The van der Waals surface area contributed by atoms with Gasteiger partial charge in [-0.2, -0.15) is 0 Å². The third-order valence-corrected chi connectivity index (χ3v) is 2.81. The van der Waals surface area contributed by atoms with Crippen LogP contribution in [0.5, 0.6) is 0 Å². The van der Waals surface area contributed by atoms with Crippen LogP contribution < -0.4 is 4.90 Å². The predicted octanol–water partition coefficient (Wildman–Crippen LogP) is 1.87. The maximum absolute atomic E-state index is 11.9. The highest BCUT2D eigenvalue weighted by Gasteiger charge is 2.18. The molecule has 18 heavy (non-hydrogen) atoms. The minimum Gasteiger partial charge on any atom is -0.458 e. The molecule has 1 heterocycles. The highest BCUT2D eigenvalue weighted by molar-refractivity contribution is 5.96. The zero-order valence-corrected chi connectivity index (χ0v) is 10.3. The summed E-state index contributed by atoms with van der Waals surface area (Å²) in [6, 6.07) is 7.50. The van der Waals surface area contributed by atoms with Crippen LogP contribution in [0.4, 0.5) is 5.69 Å². The van der Waals surface area contributed by atoms with E-state index in [0.29, 0.717) is 18.8 Å².